The fourth-order valence-electron chi connectivity index (χ4n) is 3.11. The first kappa shape index (κ1) is 15.8. The van der Waals surface area contributed by atoms with E-state index in [1.54, 1.807) is 11.8 Å². The van der Waals surface area contributed by atoms with Crippen LogP contribution in [0.3, 0.4) is 0 Å². The minimum Gasteiger partial charge on any atom is -0.379 e. The molecular weight excluding hydrogens is 294 g/mol. The maximum atomic E-state index is 9.40. The highest BCUT2D eigenvalue weighted by Gasteiger charge is 2.19. The van der Waals surface area contributed by atoms with Gasteiger partial charge >= 0.3 is 0 Å². The first-order valence-corrected chi connectivity index (χ1v) is 9.10. The van der Waals surface area contributed by atoms with Gasteiger partial charge < -0.3 is 4.74 Å². The van der Waals surface area contributed by atoms with Crippen LogP contribution in [0, 0.1) is 17.2 Å². The Kier molecular flexibility index (Phi) is 5.35. The summed E-state index contributed by atoms with van der Waals surface area (Å²) in [6.45, 7) is 7.02. The summed E-state index contributed by atoms with van der Waals surface area (Å²) < 4.78 is 5.37. The number of ether oxygens (including phenoxy) is 1. The molecule has 22 heavy (non-hydrogen) atoms. The first-order valence-electron chi connectivity index (χ1n) is 8.12. The Labute approximate surface area is 136 Å². The zero-order valence-electron chi connectivity index (χ0n) is 13.2. The molecule has 1 aromatic heterocycles. The molecule has 0 N–H and O–H groups in total. The van der Waals surface area contributed by atoms with E-state index in [1.165, 1.54) is 17.7 Å². The molecule has 5 heteroatoms. The Bertz CT molecular complexity index is 564. The van der Waals surface area contributed by atoms with Gasteiger partial charge in [-0.05, 0) is 36.8 Å². The van der Waals surface area contributed by atoms with Crippen LogP contribution in [0.1, 0.15) is 30.2 Å². The molecule has 1 atom stereocenters. The second-order valence-corrected chi connectivity index (χ2v) is 7.29. The zero-order chi connectivity index (χ0) is 15.4. The van der Waals surface area contributed by atoms with E-state index in [0.29, 0.717) is 5.92 Å². The molecule has 0 amide bonds. The van der Waals surface area contributed by atoms with Crippen LogP contribution in [-0.2, 0) is 17.6 Å². The van der Waals surface area contributed by atoms with Crippen LogP contribution in [0.2, 0.25) is 0 Å². The standard InChI is InChI=1S/C17H23N3OS/c1-13-2-3-16-14(10-13)11-15(12-18)17(19-16)22-9-6-20-4-7-21-8-5-20/h11,13H,2-10H2,1H3. The van der Waals surface area contributed by atoms with Gasteiger partial charge in [-0.3, -0.25) is 4.90 Å². The summed E-state index contributed by atoms with van der Waals surface area (Å²) in [6.07, 6.45) is 3.33. The van der Waals surface area contributed by atoms with Crippen molar-refractivity contribution in [3.8, 4) is 6.07 Å². The molecule has 1 aliphatic heterocycles. The van der Waals surface area contributed by atoms with E-state index in [1.807, 2.05) is 0 Å². The second-order valence-electron chi connectivity index (χ2n) is 6.21. The number of nitriles is 1. The normalized spacial score (nSPS) is 22.1. The molecule has 1 aliphatic carbocycles. The number of hydrogen-bond donors (Lipinski definition) is 0. The second kappa shape index (κ2) is 7.45. The van der Waals surface area contributed by atoms with E-state index in [0.717, 1.165) is 62.0 Å². The van der Waals surface area contributed by atoms with Crippen molar-refractivity contribution in [3.05, 3.63) is 22.9 Å². The highest BCUT2D eigenvalue weighted by molar-refractivity contribution is 7.99. The van der Waals surface area contributed by atoms with Gasteiger partial charge in [0.05, 0.1) is 18.8 Å². The number of morpholine rings is 1. The summed E-state index contributed by atoms with van der Waals surface area (Å²) in [5, 5.41) is 10.3. The quantitative estimate of drug-likeness (QED) is 0.799. The summed E-state index contributed by atoms with van der Waals surface area (Å²) in [7, 11) is 0. The number of fused-ring (bicyclic) bond motifs is 1. The highest BCUT2D eigenvalue weighted by Crippen LogP contribution is 2.29. The number of thioether (sulfide) groups is 1. The van der Waals surface area contributed by atoms with Crippen molar-refractivity contribution < 1.29 is 4.74 Å². The molecule has 0 saturated carbocycles. The van der Waals surface area contributed by atoms with Gasteiger partial charge in [-0.2, -0.15) is 5.26 Å². The van der Waals surface area contributed by atoms with Gasteiger partial charge in [0.2, 0.25) is 0 Å². The van der Waals surface area contributed by atoms with E-state index in [4.69, 9.17) is 9.72 Å². The van der Waals surface area contributed by atoms with Crippen LogP contribution in [0.25, 0.3) is 0 Å². The number of pyridine rings is 1. The van der Waals surface area contributed by atoms with Crippen LogP contribution in [0.4, 0.5) is 0 Å². The molecule has 0 aromatic carbocycles. The van der Waals surface area contributed by atoms with Crippen molar-refractivity contribution in [2.75, 3.05) is 38.6 Å². The van der Waals surface area contributed by atoms with E-state index in [2.05, 4.69) is 24.0 Å². The van der Waals surface area contributed by atoms with Crippen LogP contribution >= 0.6 is 11.8 Å². The lowest BCUT2D eigenvalue weighted by Gasteiger charge is -2.26. The minimum atomic E-state index is 0.709. The van der Waals surface area contributed by atoms with Crippen molar-refractivity contribution in [2.45, 2.75) is 31.2 Å². The molecule has 1 unspecified atom stereocenters. The molecule has 1 aromatic rings. The number of aromatic nitrogens is 1. The molecule has 0 radical (unpaired) electrons. The maximum Gasteiger partial charge on any atom is 0.114 e. The largest absolute Gasteiger partial charge is 0.379 e. The first-order chi connectivity index (χ1) is 10.8. The van der Waals surface area contributed by atoms with Crippen LogP contribution in [0.15, 0.2) is 11.1 Å². The highest BCUT2D eigenvalue weighted by atomic mass is 32.2. The third-order valence-corrected chi connectivity index (χ3v) is 5.44. The Morgan fingerprint density at radius 1 is 1.45 bits per heavy atom. The number of rotatable bonds is 4. The predicted molar refractivity (Wildman–Crippen MR) is 88.1 cm³/mol. The summed E-state index contributed by atoms with van der Waals surface area (Å²) in [6, 6.07) is 4.41. The average molecular weight is 317 g/mol. The van der Waals surface area contributed by atoms with Crippen LogP contribution in [-0.4, -0.2) is 48.5 Å². The number of hydrogen-bond acceptors (Lipinski definition) is 5. The topological polar surface area (TPSA) is 49.2 Å². The monoisotopic (exact) mass is 317 g/mol. The fraction of sp³-hybridized carbons (Fsp3) is 0.647. The van der Waals surface area contributed by atoms with E-state index < -0.39 is 0 Å². The molecule has 2 aliphatic rings. The Hall–Kier alpha value is -1.09. The van der Waals surface area contributed by atoms with Gasteiger partial charge in [-0.15, -0.1) is 11.8 Å². The number of nitrogens with zero attached hydrogens (tertiary/aromatic N) is 3. The van der Waals surface area contributed by atoms with Crippen molar-refractivity contribution in [3.63, 3.8) is 0 Å². The summed E-state index contributed by atoms with van der Waals surface area (Å²) >= 11 is 1.72. The molecular formula is C17H23N3OS. The fourth-order valence-corrected chi connectivity index (χ4v) is 4.09. The van der Waals surface area contributed by atoms with Gasteiger partial charge in [0.25, 0.3) is 0 Å². The van der Waals surface area contributed by atoms with Crippen molar-refractivity contribution >= 4 is 11.8 Å². The van der Waals surface area contributed by atoms with Gasteiger partial charge in [-0.25, -0.2) is 4.98 Å². The van der Waals surface area contributed by atoms with Crippen LogP contribution < -0.4 is 0 Å². The molecule has 0 spiro atoms. The number of aryl methyl sites for hydroxylation is 1. The van der Waals surface area contributed by atoms with Gasteiger partial charge in [-0.1, -0.05) is 6.92 Å². The van der Waals surface area contributed by atoms with Crippen molar-refractivity contribution in [1.82, 2.24) is 9.88 Å². The van der Waals surface area contributed by atoms with Crippen molar-refractivity contribution in [1.29, 1.82) is 5.26 Å². The molecule has 118 valence electrons. The van der Waals surface area contributed by atoms with E-state index in [-0.39, 0.29) is 0 Å². The van der Waals surface area contributed by atoms with Crippen LogP contribution in [0.5, 0.6) is 0 Å². The summed E-state index contributed by atoms with van der Waals surface area (Å²) in [5.74, 6) is 1.69. The molecule has 4 nitrogen and oxygen atoms in total. The third kappa shape index (κ3) is 3.81. The predicted octanol–water partition coefficient (Wildman–Crippen LogP) is 2.50. The molecule has 1 saturated heterocycles. The molecule has 3 rings (SSSR count). The third-order valence-electron chi connectivity index (χ3n) is 4.47. The maximum absolute atomic E-state index is 9.40. The van der Waals surface area contributed by atoms with Gasteiger partial charge in [0.1, 0.15) is 11.1 Å². The van der Waals surface area contributed by atoms with Crippen molar-refractivity contribution in [2.24, 2.45) is 5.92 Å². The SMILES string of the molecule is CC1CCc2nc(SCCN3CCOCC3)c(C#N)cc2C1. The molecule has 0 bridgehead atoms. The van der Waals surface area contributed by atoms with E-state index >= 15 is 0 Å². The lowest BCUT2D eigenvalue weighted by atomic mass is 9.87. The van der Waals surface area contributed by atoms with Gasteiger partial charge in [0.15, 0.2) is 0 Å². The Morgan fingerprint density at radius 2 is 2.27 bits per heavy atom. The molecule has 1 fully saturated rings. The Morgan fingerprint density at radius 3 is 3.05 bits per heavy atom. The summed E-state index contributed by atoms with van der Waals surface area (Å²) in [4.78, 5) is 7.22. The smallest absolute Gasteiger partial charge is 0.114 e. The average Bonchev–Trinajstić information content (AvgIpc) is 2.55. The van der Waals surface area contributed by atoms with Gasteiger partial charge in [0, 0.05) is 31.1 Å². The molecule has 2 heterocycles. The van der Waals surface area contributed by atoms with E-state index in [9.17, 15) is 5.26 Å². The summed E-state index contributed by atoms with van der Waals surface area (Å²) in [5.41, 5.74) is 3.25. The lowest BCUT2D eigenvalue weighted by Crippen LogP contribution is -2.37. The zero-order valence-corrected chi connectivity index (χ0v) is 14.0. The lowest BCUT2D eigenvalue weighted by molar-refractivity contribution is 0.0410. The minimum absolute atomic E-state index is 0.709. The Balaban J connectivity index is 1.64.